The van der Waals surface area contributed by atoms with Gasteiger partial charge in [0.15, 0.2) is 0 Å². The van der Waals surface area contributed by atoms with Crippen molar-refractivity contribution in [3.63, 3.8) is 0 Å². The Hall–Kier alpha value is -8.34. The van der Waals surface area contributed by atoms with Crippen LogP contribution in [-0.2, 0) is 10.8 Å². The summed E-state index contributed by atoms with van der Waals surface area (Å²) in [6.45, 7) is 18.5. The molecule has 0 amide bonds. The van der Waals surface area contributed by atoms with Crippen LogP contribution in [-0.4, -0.2) is 9.13 Å². The first-order valence-corrected chi connectivity index (χ1v) is 25.4. The molecule has 0 bridgehead atoms. The fraction of sp³-hybridized carbons (Fsp3) is 0.147. The van der Waals surface area contributed by atoms with Crippen molar-refractivity contribution in [2.45, 2.75) is 66.2 Å². The van der Waals surface area contributed by atoms with Crippen LogP contribution in [0.2, 0.25) is 0 Å². The molecule has 72 heavy (non-hydrogen) atoms. The van der Waals surface area contributed by atoms with Crippen LogP contribution in [0.5, 0.6) is 0 Å². The number of aryl methyl sites for hydroxylation is 2. The molecule has 2 aliphatic carbocycles. The lowest BCUT2D eigenvalue weighted by molar-refractivity contribution is 0.660. The average Bonchev–Trinajstić information content (AvgIpc) is 4.00. The molecular weight excluding hydrogens is 873 g/mol. The molecule has 0 radical (unpaired) electrons. The number of para-hydroxylation sites is 2. The van der Waals surface area contributed by atoms with Crippen LogP contribution in [0.4, 0.5) is 34.1 Å². The van der Waals surface area contributed by atoms with E-state index in [1.807, 2.05) is 0 Å². The van der Waals surface area contributed by atoms with Crippen LogP contribution >= 0.6 is 0 Å². The first-order valence-electron chi connectivity index (χ1n) is 25.4. The van der Waals surface area contributed by atoms with Crippen LogP contribution in [0.25, 0.3) is 55.4 Å². The smallest absolute Gasteiger partial charge is 0.0555 e. The van der Waals surface area contributed by atoms with E-state index >= 15 is 0 Å². The van der Waals surface area contributed by atoms with E-state index in [0.29, 0.717) is 0 Å². The average molecular weight is 931 g/mol. The highest BCUT2D eigenvalue weighted by Crippen LogP contribution is 2.56. The van der Waals surface area contributed by atoms with Gasteiger partial charge in [-0.2, -0.15) is 0 Å². The minimum absolute atomic E-state index is 0.0945. The van der Waals surface area contributed by atoms with Gasteiger partial charge in [-0.3, -0.25) is 0 Å². The summed E-state index contributed by atoms with van der Waals surface area (Å²) in [6.07, 6.45) is 0. The Morgan fingerprint density at radius 2 is 0.764 bits per heavy atom. The maximum atomic E-state index is 2.46. The number of hydrogen-bond donors (Lipinski definition) is 0. The van der Waals surface area contributed by atoms with Gasteiger partial charge in [-0.05, 0) is 175 Å². The minimum Gasteiger partial charge on any atom is -0.314 e. The molecule has 0 saturated heterocycles. The van der Waals surface area contributed by atoms with Gasteiger partial charge in [-0.1, -0.05) is 137 Å². The van der Waals surface area contributed by atoms with E-state index in [2.05, 4.69) is 281 Å². The fourth-order valence-corrected chi connectivity index (χ4v) is 12.7. The zero-order chi connectivity index (χ0) is 49.2. The van der Waals surface area contributed by atoms with Gasteiger partial charge < -0.3 is 18.9 Å². The number of fused-ring (bicyclic) bond motifs is 8. The third-order valence-corrected chi connectivity index (χ3v) is 16.5. The van der Waals surface area contributed by atoms with Crippen LogP contribution in [0, 0.1) is 27.7 Å². The van der Waals surface area contributed by atoms with Crippen LogP contribution in [0.15, 0.2) is 206 Å². The predicted octanol–water partition coefficient (Wildman–Crippen LogP) is 18.4. The van der Waals surface area contributed by atoms with Crippen molar-refractivity contribution >= 4 is 55.9 Å². The lowest BCUT2D eigenvalue weighted by atomic mass is 9.81. The van der Waals surface area contributed by atoms with Crippen LogP contribution < -0.4 is 9.80 Å². The van der Waals surface area contributed by atoms with Gasteiger partial charge >= 0.3 is 0 Å². The van der Waals surface area contributed by atoms with Crippen LogP contribution in [0.1, 0.15) is 72.5 Å². The Balaban J connectivity index is 0.909. The number of benzene rings is 9. The van der Waals surface area contributed by atoms with Gasteiger partial charge in [-0.25, -0.2) is 0 Å². The number of anilines is 6. The maximum absolute atomic E-state index is 2.46. The van der Waals surface area contributed by atoms with Gasteiger partial charge in [0.25, 0.3) is 0 Å². The second-order valence-electron chi connectivity index (χ2n) is 21.1. The SMILES string of the molecule is Cc1c(C)n(-c2ccc(N(c3ccccc3)c3cccc4c3-c3ccccc3C4(C)C)cc2)c2cc3c(cc12)c(C)c(C)n3-c1ccc(N(c2ccccc2)c2cccc3c2C(C)(C)c2ccccc2-3)cc1. The summed E-state index contributed by atoms with van der Waals surface area (Å²) in [5, 5.41) is 2.57. The summed E-state index contributed by atoms with van der Waals surface area (Å²) in [7, 11) is 0. The summed E-state index contributed by atoms with van der Waals surface area (Å²) in [5.74, 6) is 0. The predicted molar refractivity (Wildman–Crippen MR) is 304 cm³/mol. The first-order chi connectivity index (χ1) is 34.9. The van der Waals surface area contributed by atoms with Crippen molar-refractivity contribution in [3.05, 3.63) is 251 Å². The summed E-state index contributed by atoms with van der Waals surface area (Å²) in [5.41, 5.74) is 27.2. The van der Waals surface area contributed by atoms with E-state index in [0.717, 1.165) is 34.1 Å². The third kappa shape index (κ3) is 6.31. The number of nitrogens with zero attached hydrogens (tertiary/aromatic N) is 4. The molecule has 0 atom stereocenters. The topological polar surface area (TPSA) is 16.3 Å². The van der Waals surface area contributed by atoms with Crippen molar-refractivity contribution in [1.82, 2.24) is 9.13 Å². The van der Waals surface area contributed by atoms with Crippen LogP contribution in [0.3, 0.4) is 0 Å². The van der Waals surface area contributed by atoms with E-state index in [-0.39, 0.29) is 10.8 Å². The first kappa shape index (κ1) is 43.7. The number of aromatic nitrogens is 2. The molecule has 4 nitrogen and oxygen atoms in total. The maximum Gasteiger partial charge on any atom is 0.0555 e. The van der Waals surface area contributed by atoms with Gasteiger partial charge in [0.05, 0.1) is 22.4 Å². The molecular formula is C68H58N4. The number of hydrogen-bond acceptors (Lipinski definition) is 2. The van der Waals surface area contributed by atoms with Gasteiger partial charge in [-0.15, -0.1) is 0 Å². The third-order valence-electron chi connectivity index (χ3n) is 16.5. The molecule has 0 unspecified atom stereocenters. The zero-order valence-electron chi connectivity index (χ0n) is 42.4. The van der Waals surface area contributed by atoms with Crippen molar-refractivity contribution in [2.24, 2.45) is 0 Å². The zero-order valence-corrected chi connectivity index (χ0v) is 42.4. The molecule has 2 heterocycles. The van der Waals surface area contributed by atoms with E-state index in [1.165, 1.54) is 100 Å². The molecule has 2 aromatic heterocycles. The molecule has 0 aliphatic heterocycles. The van der Waals surface area contributed by atoms with Crippen molar-refractivity contribution in [2.75, 3.05) is 9.80 Å². The van der Waals surface area contributed by atoms with E-state index in [4.69, 9.17) is 0 Å². The van der Waals surface area contributed by atoms with E-state index < -0.39 is 0 Å². The number of rotatable bonds is 8. The highest BCUT2D eigenvalue weighted by atomic mass is 15.2. The molecule has 4 heteroatoms. The molecule has 9 aromatic carbocycles. The Labute approximate surface area is 423 Å². The molecule has 0 N–H and O–H groups in total. The van der Waals surface area contributed by atoms with Crippen molar-refractivity contribution in [1.29, 1.82) is 0 Å². The molecule has 0 spiro atoms. The van der Waals surface area contributed by atoms with E-state index in [9.17, 15) is 0 Å². The minimum atomic E-state index is -0.161. The standard InChI is InChI=1S/C68H58N4/c1-43-45(3)69(49-33-37-51(38-34-49)71(47-21-11-9-12-22-47)61-31-20-30-60-65(61)55-26-16-18-29-59(55)67(60,5)6)63-42-64-57(41-56(43)63)44(2)46(4)70(64)50-35-39-52(40-36-50)72(48-23-13-10-14-24-48)62-32-19-27-54-53-25-15-17-28-58(53)68(7,8)66(54)62/h9-42H,1-8H3. The summed E-state index contributed by atoms with van der Waals surface area (Å²) >= 11 is 0. The molecule has 11 aromatic rings. The van der Waals surface area contributed by atoms with Gasteiger partial charge in [0, 0.05) is 72.7 Å². The summed E-state index contributed by atoms with van der Waals surface area (Å²) in [6, 6.07) is 76.4. The summed E-state index contributed by atoms with van der Waals surface area (Å²) < 4.78 is 4.92. The Morgan fingerprint density at radius 1 is 0.347 bits per heavy atom. The Morgan fingerprint density at radius 3 is 1.32 bits per heavy atom. The van der Waals surface area contributed by atoms with Gasteiger partial charge in [0.1, 0.15) is 0 Å². The molecule has 13 rings (SSSR count). The van der Waals surface area contributed by atoms with E-state index in [1.54, 1.807) is 0 Å². The molecule has 2 aliphatic rings. The second kappa shape index (κ2) is 16.1. The van der Waals surface area contributed by atoms with Crippen molar-refractivity contribution in [3.8, 4) is 33.6 Å². The molecule has 0 saturated carbocycles. The normalized spacial score (nSPS) is 13.8. The molecule has 0 fully saturated rings. The lowest BCUT2D eigenvalue weighted by Gasteiger charge is -2.32. The fourth-order valence-electron chi connectivity index (χ4n) is 12.7. The van der Waals surface area contributed by atoms with Crippen molar-refractivity contribution < 1.29 is 0 Å². The molecule has 350 valence electrons. The Bertz CT molecular complexity index is 3940. The summed E-state index contributed by atoms with van der Waals surface area (Å²) in [4.78, 5) is 4.88. The monoisotopic (exact) mass is 930 g/mol. The second-order valence-corrected chi connectivity index (χ2v) is 21.1. The quantitative estimate of drug-likeness (QED) is 0.151. The van der Waals surface area contributed by atoms with Gasteiger partial charge in [0.2, 0.25) is 0 Å². The lowest BCUT2D eigenvalue weighted by Crippen LogP contribution is -2.20. The Kier molecular flexibility index (Phi) is 9.76. The highest BCUT2D eigenvalue weighted by Gasteiger charge is 2.40. The highest BCUT2D eigenvalue weighted by molar-refractivity contribution is 6.02. The largest absolute Gasteiger partial charge is 0.314 e.